The highest BCUT2D eigenvalue weighted by molar-refractivity contribution is 5.20. The molecule has 1 rings (SSSR count). The Morgan fingerprint density at radius 2 is 1.67 bits per heavy atom. The molecule has 1 atom stereocenters. The summed E-state index contributed by atoms with van der Waals surface area (Å²) >= 11 is 0. The maximum absolute atomic E-state index is 9.53. The van der Waals surface area contributed by atoms with Crippen LogP contribution in [0.5, 0.6) is 0 Å². The molecule has 102 valence electrons. The number of rotatable bonds is 7. The third-order valence-electron chi connectivity index (χ3n) is 3.57. The lowest BCUT2D eigenvalue weighted by molar-refractivity contribution is 0.0714. The quantitative estimate of drug-likeness (QED) is 0.695. The molecule has 0 aliphatic rings. The van der Waals surface area contributed by atoms with E-state index < -0.39 is 5.54 Å². The second kappa shape index (κ2) is 6.88. The van der Waals surface area contributed by atoms with Gasteiger partial charge >= 0.3 is 0 Å². The molecule has 3 N–H and O–H groups in total. The number of aliphatic hydroxyl groups is 2. The van der Waals surface area contributed by atoms with E-state index in [0.29, 0.717) is 12.3 Å². The molecule has 0 bridgehead atoms. The SMILES string of the molecule is CCC(CO)(CO)NC(c1ccccc1)C(C)C. The summed E-state index contributed by atoms with van der Waals surface area (Å²) in [5.41, 5.74) is 0.581. The molecule has 18 heavy (non-hydrogen) atoms. The van der Waals surface area contributed by atoms with Gasteiger partial charge in [-0.05, 0) is 17.9 Å². The average molecular weight is 251 g/mol. The van der Waals surface area contributed by atoms with Crippen LogP contribution >= 0.6 is 0 Å². The van der Waals surface area contributed by atoms with Crippen molar-refractivity contribution >= 4 is 0 Å². The molecule has 0 radical (unpaired) electrons. The summed E-state index contributed by atoms with van der Waals surface area (Å²) in [4.78, 5) is 0. The van der Waals surface area contributed by atoms with Crippen LogP contribution < -0.4 is 5.32 Å². The Morgan fingerprint density at radius 3 is 2.06 bits per heavy atom. The number of aliphatic hydroxyl groups excluding tert-OH is 2. The number of hydrogen-bond donors (Lipinski definition) is 3. The average Bonchev–Trinajstić information content (AvgIpc) is 2.42. The van der Waals surface area contributed by atoms with Crippen molar-refractivity contribution in [3.05, 3.63) is 35.9 Å². The monoisotopic (exact) mass is 251 g/mol. The molecular formula is C15H25NO2. The van der Waals surface area contributed by atoms with Crippen LogP contribution in [0, 0.1) is 5.92 Å². The summed E-state index contributed by atoms with van der Waals surface area (Å²) in [6, 6.07) is 10.3. The minimum atomic E-state index is -0.606. The Morgan fingerprint density at radius 1 is 1.11 bits per heavy atom. The first kappa shape index (κ1) is 15.2. The molecule has 0 aliphatic heterocycles. The van der Waals surface area contributed by atoms with Crippen LogP contribution in [0.2, 0.25) is 0 Å². The van der Waals surface area contributed by atoms with E-state index >= 15 is 0 Å². The highest BCUT2D eigenvalue weighted by Crippen LogP contribution is 2.25. The van der Waals surface area contributed by atoms with Gasteiger partial charge in [0.15, 0.2) is 0 Å². The number of nitrogens with one attached hydrogen (secondary N) is 1. The van der Waals surface area contributed by atoms with Gasteiger partial charge in [0, 0.05) is 6.04 Å². The second-order valence-corrected chi connectivity index (χ2v) is 5.23. The van der Waals surface area contributed by atoms with Crippen molar-refractivity contribution in [2.24, 2.45) is 5.92 Å². The lowest BCUT2D eigenvalue weighted by Crippen LogP contribution is -2.53. The van der Waals surface area contributed by atoms with Gasteiger partial charge in [-0.1, -0.05) is 51.1 Å². The maximum atomic E-state index is 9.53. The van der Waals surface area contributed by atoms with Gasteiger partial charge in [-0.25, -0.2) is 0 Å². The minimum Gasteiger partial charge on any atom is -0.394 e. The molecule has 3 nitrogen and oxygen atoms in total. The molecule has 0 amide bonds. The zero-order chi connectivity index (χ0) is 13.6. The number of benzene rings is 1. The molecule has 0 spiro atoms. The summed E-state index contributed by atoms with van der Waals surface area (Å²) in [7, 11) is 0. The molecule has 1 unspecified atom stereocenters. The van der Waals surface area contributed by atoms with Gasteiger partial charge in [-0.3, -0.25) is 0 Å². The fraction of sp³-hybridized carbons (Fsp3) is 0.600. The van der Waals surface area contributed by atoms with E-state index in [1.54, 1.807) is 0 Å². The van der Waals surface area contributed by atoms with Gasteiger partial charge in [-0.2, -0.15) is 0 Å². The summed E-state index contributed by atoms with van der Waals surface area (Å²) in [6.45, 7) is 6.13. The largest absolute Gasteiger partial charge is 0.394 e. The first-order valence-corrected chi connectivity index (χ1v) is 6.63. The predicted molar refractivity (Wildman–Crippen MR) is 74.4 cm³/mol. The van der Waals surface area contributed by atoms with E-state index in [1.807, 2.05) is 25.1 Å². The van der Waals surface area contributed by atoms with Crippen LogP contribution in [-0.2, 0) is 0 Å². The molecule has 0 saturated carbocycles. The second-order valence-electron chi connectivity index (χ2n) is 5.23. The lowest BCUT2D eigenvalue weighted by atomic mass is 9.90. The molecule has 0 saturated heterocycles. The van der Waals surface area contributed by atoms with Crippen molar-refractivity contribution in [3.8, 4) is 0 Å². The van der Waals surface area contributed by atoms with Crippen molar-refractivity contribution < 1.29 is 10.2 Å². The first-order chi connectivity index (χ1) is 8.58. The van der Waals surface area contributed by atoms with Gasteiger partial charge in [-0.15, -0.1) is 0 Å². The summed E-state index contributed by atoms with van der Waals surface area (Å²) in [5.74, 6) is 0.386. The molecular weight excluding hydrogens is 226 g/mol. The molecule has 0 aliphatic carbocycles. The van der Waals surface area contributed by atoms with E-state index in [2.05, 4.69) is 31.3 Å². The predicted octanol–water partition coefficient (Wildman–Crippen LogP) is 2.11. The third-order valence-corrected chi connectivity index (χ3v) is 3.57. The normalized spacial score (nSPS) is 13.9. The van der Waals surface area contributed by atoms with Crippen LogP contribution in [0.4, 0.5) is 0 Å². The van der Waals surface area contributed by atoms with Crippen molar-refractivity contribution in [2.75, 3.05) is 13.2 Å². The first-order valence-electron chi connectivity index (χ1n) is 6.63. The standard InChI is InChI=1S/C15H25NO2/c1-4-15(10-17,11-18)16-14(12(2)3)13-8-6-5-7-9-13/h5-9,12,14,16-18H,4,10-11H2,1-3H3. The van der Waals surface area contributed by atoms with E-state index in [1.165, 1.54) is 5.56 Å². The van der Waals surface area contributed by atoms with Gasteiger partial charge in [0.2, 0.25) is 0 Å². The maximum Gasteiger partial charge on any atom is 0.0650 e. The zero-order valence-electron chi connectivity index (χ0n) is 11.6. The van der Waals surface area contributed by atoms with Crippen LogP contribution in [0.25, 0.3) is 0 Å². The molecule has 3 heteroatoms. The van der Waals surface area contributed by atoms with Gasteiger partial charge in [0.1, 0.15) is 0 Å². The van der Waals surface area contributed by atoms with Crippen LogP contribution in [0.15, 0.2) is 30.3 Å². The van der Waals surface area contributed by atoms with Gasteiger partial charge in [0.05, 0.1) is 18.8 Å². The Balaban J connectivity index is 2.94. The van der Waals surface area contributed by atoms with Crippen molar-refractivity contribution in [2.45, 2.75) is 38.8 Å². The fourth-order valence-corrected chi connectivity index (χ4v) is 2.09. The number of hydrogen-bond acceptors (Lipinski definition) is 3. The Bertz CT molecular complexity index is 325. The Hall–Kier alpha value is -0.900. The third kappa shape index (κ3) is 3.55. The van der Waals surface area contributed by atoms with Crippen molar-refractivity contribution in [1.29, 1.82) is 0 Å². The molecule has 0 heterocycles. The minimum absolute atomic E-state index is 0.0595. The molecule has 1 aromatic carbocycles. The lowest BCUT2D eigenvalue weighted by Gasteiger charge is -2.36. The van der Waals surface area contributed by atoms with E-state index in [-0.39, 0.29) is 19.3 Å². The van der Waals surface area contributed by atoms with Crippen molar-refractivity contribution in [3.63, 3.8) is 0 Å². The summed E-state index contributed by atoms with van der Waals surface area (Å²) in [6.07, 6.45) is 0.691. The Kier molecular flexibility index (Phi) is 5.79. The van der Waals surface area contributed by atoms with Gasteiger partial charge in [0.25, 0.3) is 0 Å². The van der Waals surface area contributed by atoms with Crippen molar-refractivity contribution in [1.82, 2.24) is 5.32 Å². The molecule has 1 aromatic rings. The highest BCUT2D eigenvalue weighted by Gasteiger charge is 2.31. The van der Waals surface area contributed by atoms with Crippen LogP contribution in [0.3, 0.4) is 0 Å². The van der Waals surface area contributed by atoms with E-state index in [0.717, 1.165) is 0 Å². The fourth-order valence-electron chi connectivity index (χ4n) is 2.09. The van der Waals surface area contributed by atoms with E-state index in [4.69, 9.17) is 0 Å². The summed E-state index contributed by atoms with van der Waals surface area (Å²) in [5, 5.41) is 22.5. The van der Waals surface area contributed by atoms with Crippen LogP contribution in [0.1, 0.15) is 38.8 Å². The smallest absolute Gasteiger partial charge is 0.0650 e. The summed E-state index contributed by atoms with van der Waals surface area (Å²) < 4.78 is 0. The molecule has 0 aromatic heterocycles. The topological polar surface area (TPSA) is 52.5 Å². The zero-order valence-corrected chi connectivity index (χ0v) is 11.6. The van der Waals surface area contributed by atoms with Crippen LogP contribution in [-0.4, -0.2) is 29.0 Å². The highest BCUT2D eigenvalue weighted by atomic mass is 16.3. The van der Waals surface area contributed by atoms with E-state index in [9.17, 15) is 10.2 Å². The Labute approximate surface area is 110 Å². The molecule has 0 fully saturated rings. The van der Waals surface area contributed by atoms with Gasteiger partial charge < -0.3 is 15.5 Å².